The van der Waals surface area contributed by atoms with Crippen LogP contribution in [0.5, 0.6) is 0 Å². The number of methoxy groups -OCH3 is 1. The number of ether oxygens (including phenoxy) is 1. The van der Waals surface area contributed by atoms with Crippen molar-refractivity contribution in [2.75, 3.05) is 18.6 Å². The topological polar surface area (TPSA) is 80.1 Å². The Labute approximate surface area is 144 Å². The van der Waals surface area contributed by atoms with E-state index in [4.69, 9.17) is 0 Å². The first-order valence-corrected chi connectivity index (χ1v) is 8.88. The third-order valence-electron chi connectivity index (χ3n) is 2.48. The van der Waals surface area contributed by atoms with Crippen LogP contribution in [0.4, 0.5) is 0 Å². The lowest BCUT2D eigenvalue weighted by Gasteiger charge is -2.05. The van der Waals surface area contributed by atoms with Crippen molar-refractivity contribution in [2.45, 2.75) is 4.90 Å². The van der Waals surface area contributed by atoms with Crippen LogP contribution in [0, 0.1) is 0 Å². The molecule has 1 amide bonds. The summed E-state index contributed by atoms with van der Waals surface area (Å²) in [6.07, 6.45) is 1.59. The Balaban J connectivity index is 2.09. The van der Waals surface area contributed by atoms with E-state index in [-0.39, 0.29) is 17.6 Å². The number of amides is 1. The number of nitrogens with one attached hydrogen (secondary N) is 1. The molecule has 1 aliphatic rings. The lowest BCUT2D eigenvalue weighted by Crippen LogP contribution is -2.19. The molecule has 1 fully saturated rings. The maximum absolute atomic E-state index is 11.2. The van der Waals surface area contributed by atoms with Crippen LogP contribution in [-0.4, -0.2) is 41.9 Å². The Morgan fingerprint density at radius 2 is 2.41 bits per heavy atom. The Bertz CT molecular complexity index is 649. The van der Waals surface area contributed by atoms with E-state index in [9.17, 15) is 9.59 Å². The number of rotatable bonds is 5. The fraction of sp³-hybridized carbons (Fsp3) is 0.231. The van der Waals surface area contributed by atoms with E-state index in [0.717, 1.165) is 14.9 Å². The molecular formula is C13H12BrN3O3S2. The number of nitrogens with zero attached hydrogens (tertiary/aromatic N) is 2. The van der Waals surface area contributed by atoms with Gasteiger partial charge in [-0.3, -0.25) is 9.59 Å². The molecule has 22 heavy (non-hydrogen) atoms. The van der Waals surface area contributed by atoms with Crippen molar-refractivity contribution in [2.24, 2.45) is 10.2 Å². The highest BCUT2D eigenvalue weighted by atomic mass is 79.9. The van der Waals surface area contributed by atoms with E-state index in [1.807, 2.05) is 18.2 Å². The van der Waals surface area contributed by atoms with E-state index >= 15 is 0 Å². The lowest BCUT2D eigenvalue weighted by atomic mass is 10.2. The van der Waals surface area contributed by atoms with Crippen LogP contribution in [0.2, 0.25) is 0 Å². The van der Waals surface area contributed by atoms with Gasteiger partial charge in [0.1, 0.15) is 0 Å². The van der Waals surface area contributed by atoms with Crippen LogP contribution in [0.15, 0.2) is 37.8 Å². The second-order valence-electron chi connectivity index (χ2n) is 4.03. The standard InChI is InChI=1S/C13H12BrN3O3S2/c1-20-12(19)7-21-10-4-9(14)3-2-8(10)5-15-17-13-16-11(18)6-22-13/h2-5H,6-7H2,1H3,(H,16,17,18). The van der Waals surface area contributed by atoms with Crippen LogP contribution in [-0.2, 0) is 14.3 Å². The molecule has 0 atom stereocenters. The number of esters is 1. The number of hydrogen-bond donors (Lipinski definition) is 1. The summed E-state index contributed by atoms with van der Waals surface area (Å²) in [6, 6.07) is 5.64. The van der Waals surface area contributed by atoms with Crippen molar-refractivity contribution < 1.29 is 14.3 Å². The third kappa shape index (κ3) is 5.15. The quantitative estimate of drug-likeness (QED) is 0.354. The number of carbonyl (C=O) groups excluding carboxylic acids is 2. The zero-order valence-electron chi connectivity index (χ0n) is 11.5. The molecule has 1 aliphatic heterocycles. The summed E-state index contributed by atoms with van der Waals surface area (Å²) < 4.78 is 5.54. The molecule has 0 bridgehead atoms. The minimum atomic E-state index is -0.293. The van der Waals surface area contributed by atoms with E-state index in [2.05, 4.69) is 36.2 Å². The molecule has 0 unspecified atom stereocenters. The molecule has 6 nitrogen and oxygen atoms in total. The molecule has 0 saturated carbocycles. The fourth-order valence-corrected chi connectivity index (χ4v) is 3.49. The van der Waals surface area contributed by atoms with E-state index < -0.39 is 0 Å². The first-order valence-electron chi connectivity index (χ1n) is 6.11. The Morgan fingerprint density at radius 3 is 3.09 bits per heavy atom. The molecule has 0 aliphatic carbocycles. The highest BCUT2D eigenvalue weighted by Crippen LogP contribution is 2.25. The zero-order valence-corrected chi connectivity index (χ0v) is 14.8. The zero-order chi connectivity index (χ0) is 15.9. The summed E-state index contributed by atoms with van der Waals surface area (Å²) in [6.45, 7) is 0. The second kappa shape index (κ2) is 8.35. The Kier molecular flexibility index (Phi) is 6.47. The Hall–Kier alpha value is -1.32. The number of hydrogen-bond acceptors (Lipinski definition) is 7. The second-order valence-corrected chi connectivity index (χ2v) is 6.93. The number of carbonyl (C=O) groups is 2. The largest absolute Gasteiger partial charge is 0.468 e. The van der Waals surface area contributed by atoms with Gasteiger partial charge in [-0.2, -0.15) is 5.10 Å². The summed E-state index contributed by atoms with van der Waals surface area (Å²) in [7, 11) is 1.36. The summed E-state index contributed by atoms with van der Waals surface area (Å²) in [5.74, 6) is 0.219. The number of halogens is 1. The van der Waals surface area contributed by atoms with Gasteiger partial charge in [-0.1, -0.05) is 33.8 Å². The predicted molar refractivity (Wildman–Crippen MR) is 92.5 cm³/mol. The maximum atomic E-state index is 11.2. The number of amidine groups is 1. The Morgan fingerprint density at radius 1 is 1.59 bits per heavy atom. The van der Waals surface area contributed by atoms with Gasteiger partial charge in [-0.05, 0) is 12.1 Å². The van der Waals surface area contributed by atoms with Gasteiger partial charge in [0.05, 0.1) is 24.8 Å². The molecular weight excluding hydrogens is 390 g/mol. The SMILES string of the molecule is COC(=O)CSc1cc(Br)ccc1C=NN=C1NC(=O)CS1. The molecule has 9 heteroatoms. The summed E-state index contributed by atoms with van der Waals surface area (Å²) in [4.78, 5) is 23.2. The average molecular weight is 402 g/mol. The van der Waals surface area contributed by atoms with Gasteiger partial charge in [0.25, 0.3) is 0 Å². The van der Waals surface area contributed by atoms with Crippen molar-refractivity contribution in [3.8, 4) is 0 Å². The van der Waals surface area contributed by atoms with Crippen LogP contribution < -0.4 is 5.32 Å². The van der Waals surface area contributed by atoms with Gasteiger partial charge in [-0.25, -0.2) is 0 Å². The fourth-order valence-electron chi connectivity index (χ4n) is 1.46. The van der Waals surface area contributed by atoms with E-state index in [1.165, 1.54) is 30.6 Å². The van der Waals surface area contributed by atoms with Gasteiger partial charge in [-0.15, -0.1) is 16.9 Å². The van der Waals surface area contributed by atoms with Crippen molar-refractivity contribution >= 4 is 62.7 Å². The maximum Gasteiger partial charge on any atom is 0.315 e. The number of thioether (sulfide) groups is 2. The molecule has 1 aromatic carbocycles. The van der Waals surface area contributed by atoms with Crippen molar-refractivity contribution in [3.05, 3.63) is 28.2 Å². The molecule has 1 heterocycles. The van der Waals surface area contributed by atoms with Crippen LogP contribution in [0.1, 0.15) is 5.56 Å². The van der Waals surface area contributed by atoms with E-state index in [0.29, 0.717) is 10.9 Å². The molecule has 1 aromatic rings. The van der Waals surface area contributed by atoms with Crippen LogP contribution in [0.25, 0.3) is 0 Å². The smallest absolute Gasteiger partial charge is 0.315 e. The van der Waals surface area contributed by atoms with Gasteiger partial charge in [0, 0.05) is 14.9 Å². The molecule has 0 radical (unpaired) electrons. The minimum Gasteiger partial charge on any atom is -0.468 e. The molecule has 1 N–H and O–H groups in total. The molecule has 2 rings (SSSR count). The number of benzene rings is 1. The van der Waals surface area contributed by atoms with Crippen molar-refractivity contribution in [1.82, 2.24) is 5.32 Å². The summed E-state index contributed by atoms with van der Waals surface area (Å²) in [5, 5.41) is 11.0. The lowest BCUT2D eigenvalue weighted by molar-refractivity contribution is -0.137. The molecule has 0 aromatic heterocycles. The van der Waals surface area contributed by atoms with Gasteiger partial charge in [0.2, 0.25) is 5.91 Å². The van der Waals surface area contributed by atoms with Crippen molar-refractivity contribution in [1.29, 1.82) is 0 Å². The first kappa shape index (κ1) is 17.0. The summed E-state index contributed by atoms with van der Waals surface area (Å²) in [5.41, 5.74) is 0.829. The predicted octanol–water partition coefficient (Wildman–Crippen LogP) is 2.27. The van der Waals surface area contributed by atoms with Crippen LogP contribution in [0.3, 0.4) is 0 Å². The highest BCUT2D eigenvalue weighted by Gasteiger charge is 2.16. The average Bonchev–Trinajstić information content (AvgIpc) is 2.92. The third-order valence-corrected chi connectivity index (χ3v) is 4.88. The molecule has 0 spiro atoms. The van der Waals surface area contributed by atoms with E-state index in [1.54, 1.807) is 6.21 Å². The molecule has 116 valence electrons. The highest BCUT2D eigenvalue weighted by molar-refractivity contribution is 9.10. The monoisotopic (exact) mass is 401 g/mol. The van der Waals surface area contributed by atoms with Gasteiger partial charge < -0.3 is 10.1 Å². The minimum absolute atomic E-state index is 0.0723. The molecule has 1 saturated heterocycles. The first-order chi connectivity index (χ1) is 10.6. The van der Waals surface area contributed by atoms with Gasteiger partial charge in [0.15, 0.2) is 5.17 Å². The summed E-state index contributed by atoms with van der Waals surface area (Å²) >= 11 is 6.07. The van der Waals surface area contributed by atoms with Crippen molar-refractivity contribution in [3.63, 3.8) is 0 Å². The van der Waals surface area contributed by atoms with Gasteiger partial charge >= 0.3 is 5.97 Å². The normalized spacial score (nSPS) is 16.3. The van der Waals surface area contributed by atoms with Crippen LogP contribution >= 0.6 is 39.5 Å².